The number of hydrogen-bond donors (Lipinski definition) is 3. The maximum Gasteiger partial charge on any atom is 0.472 e. The van der Waals surface area contributed by atoms with Crippen molar-refractivity contribution in [3.8, 4) is 0 Å². The summed E-state index contributed by atoms with van der Waals surface area (Å²) in [5, 5.41) is 10.6. The molecule has 0 aromatic rings. The minimum Gasteiger partial charge on any atom is -0.462 e. The molecule has 0 bridgehead atoms. The first-order valence-corrected chi connectivity index (χ1v) is 43.1. The van der Waals surface area contributed by atoms with Crippen LogP contribution in [0.3, 0.4) is 0 Å². The highest BCUT2D eigenvalue weighted by molar-refractivity contribution is 7.47. The Kier molecular flexibility index (Phi) is 68.7. The Balaban J connectivity index is 5.16. The summed E-state index contributed by atoms with van der Waals surface area (Å²) in [5.74, 6) is -1.37. The van der Waals surface area contributed by atoms with E-state index < -0.39 is 97.5 Å². The third-order valence-electron chi connectivity index (χ3n) is 18.0. The highest BCUT2D eigenvalue weighted by Gasteiger charge is 2.30. The minimum absolute atomic E-state index is 0.106. The SMILES string of the molecule is CCCCCCCCCCCCCCCCCCCCCCCC(=O)O[C@H](COC(=O)CCCCCCCCCCCCCCCCC)COP(=O)(O)OC[C@@H](O)COP(=O)(O)OC[C@@H](COC(=O)CCCCCCCCC)OC(=O)CCCCCCCCCCCCC(C)C. The first-order valence-electron chi connectivity index (χ1n) is 40.1. The molecule has 0 fully saturated rings. The fourth-order valence-corrected chi connectivity index (χ4v) is 13.5. The van der Waals surface area contributed by atoms with E-state index in [0.717, 1.165) is 109 Å². The number of phosphoric ester groups is 2. The predicted octanol–water partition coefficient (Wildman–Crippen LogP) is 22.9. The van der Waals surface area contributed by atoms with Gasteiger partial charge in [-0.2, -0.15) is 0 Å². The molecule has 0 saturated heterocycles. The fraction of sp³-hybridized carbons (Fsp3) is 0.948. The molecule has 0 saturated carbocycles. The van der Waals surface area contributed by atoms with Gasteiger partial charge in [-0.25, -0.2) is 9.13 Å². The summed E-state index contributed by atoms with van der Waals surface area (Å²) in [6.07, 6.45) is 59.9. The molecule has 17 nitrogen and oxygen atoms in total. The second-order valence-electron chi connectivity index (χ2n) is 28.2. The third kappa shape index (κ3) is 70.5. The summed E-state index contributed by atoms with van der Waals surface area (Å²) in [6, 6.07) is 0. The van der Waals surface area contributed by atoms with Gasteiger partial charge in [0.05, 0.1) is 26.4 Å². The van der Waals surface area contributed by atoms with Gasteiger partial charge in [-0.15, -0.1) is 0 Å². The zero-order valence-electron chi connectivity index (χ0n) is 62.5. The molecule has 96 heavy (non-hydrogen) atoms. The number of rotatable bonds is 77. The number of unbranched alkanes of at least 4 members (excludes halogenated alkanes) is 49. The highest BCUT2D eigenvalue weighted by Crippen LogP contribution is 2.45. The van der Waals surface area contributed by atoms with Crippen LogP contribution in [-0.2, 0) is 65.4 Å². The number of esters is 4. The molecule has 0 rings (SSSR count). The molecule has 0 amide bonds. The second kappa shape index (κ2) is 70.1. The summed E-state index contributed by atoms with van der Waals surface area (Å²) in [7, 11) is -9.91. The smallest absolute Gasteiger partial charge is 0.462 e. The molecule has 0 spiro atoms. The van der Waals surface area contributed by atoms with Gasteiger partial charge in [0.15, 0.2) is 12.2 Å². The summed E-state index contributed by atoms with van der Waals surface area (Å²) >= 11 is 0. The van der Waals surface area contributed by atoms with E-state index in [-0.39, 0.29) is 25.7 Å². The standard InChI is InChI=1S/C77H150O17P2/c1-6-9-12-15-18-20-22-24-26-27-28-29-30-31-33-35-37-42-47-52-57-62-76(81)94-73(67-88-75(80)61-56-51-46-41-36-34-32-25-23-21-19-16-13-10-7-2)69-92-96(85,86)90-65-71(78)64-89-95(83,84)91-68-72(66-87-74(79)60-55-50-44-17-14-11-8-3)93-77(82)63-58-53-48-43-39-38-40-45-49-54-59-70(4)5/h70-73,78H,6-69H2,1-5H3,(H,83,84)(H,85,86)/t71-,72+,73+/m0/s1. The van der Waals surface area contributed by atoms with E-state index in [4.69, 9.17) is 37.0 Å². The van der Waals surface area contributed by atoms with E-state index in [1.54, 1.807) is 0 Å². The molecule has 19 heteroatoms. The van der Waals surface area contributed by atoms with Crippen LogP contribution < -0.4 is 0 Å². The molecule has 3 N–H and O–H groups in total. The van der Waals surface area contributed by atoms with Crippen molar-refractivity contribution >= 4 is 39.5 Å². The minimum atomic E-state index is -4.96. The highest BCUT2D eigenvalue weighted by atomic mass is 31.2. The number of carbonyl (C=O) groups excluding carboxylic acids is 4. The van der Waals surface area contributed by atoms with Crippen LogP contribution in [0.4, 0.5) is 0 Å². The van der Waals surface area contributed by atoms with Crippen molar-refractivity contribution in [1.82, 2.24) is 0 Å². The van der Waals surface area contributed by atoms with E-state index in [9.17, 15) is 43.2 Å². The normalized spacial score (nSPS) is 13.9. The van der Waals surface area contributed by atoms with Gasteiger partial charge in [-0.3, -0.25) is 37.3 Å². The van der Waals surface area contributed by atoms with E-state index in [1.165, 1.54) is 218 Å². The number of phosphoric acid groups is 2. The van der Waals surface area contributed by atoms with Crippen LogP contribution in [0.2, 0.25) is 0 Å². The van der Waals surface area contributed by atoms with E-state index in [2.05, 4.69) is 34.6 Å². The lowest BCUT2D eigenvalue weighted by atomic mass is 10.0. The molecular weight excluding hydrogens is 1260 g/mol. The zero-order chi connectivity index (χ0) is 70.5. The third-order valence-corrected chi connectivity index (χ3v) is 19.9. The molecule has 0 aromatic carbocycles. The molecule has 0 aromatic heterocycles. The average molecular weight is 1410 g/mol. The zero-order valence-corrected chi connectivity index (χ0v) is 64.3. The Morgan fingerprint density at radius 1 is 0.281 bits per heavy atom. The van der Waals surface area contributed by atoms with Crippen LogP contribution in [-0.4, -0.2) is 96.7 Å². The average Bonchev–Trinajstić information content (AvgIpc) is 1.49. The lowest BCUT2D eigenvalue weighted by Gasteiger charge is -2.21. The van der Waals surface area contributed by atoms with Crippen molar-refractivity contribution in [3.05, 3.63) is 0 Å². The summed E-state index contributed by atoms with van der Waals surface area (Å²) < 4.78 is 68.4. The molecular formula is C77H150O17P2. The molecule has 0 aliphatic heterocycles. The number of aliphatic hydroxyl groups excluding tert-OH is 1. The maximum absolute atomic E-state index is 13.1. The summed E-state index contributed by atoms with van der Waals surface area (Å²) in [6.45, 7) is 7.25. The Bertz CT molecular complexity index is 1840. The molecule has 570 valence electrons. The molecule has 0 radical (unpaired) electrons. The Hall–Kier alpha value is -1.94. The molecule has 0 heterocycles. The van der Waals surface area contributed by atoms with Crippen molar-refractivity contribution in [3.63, 3.8) is 0 Å². The lowest BCUT2D eigenvalue weighted by molar-refractivity contribution is -0.161. The van der Waals surface area contributed by atoms with Gasteiger partial charge < -0.3 is 33.8 Å². The quantitative estimate of drug-likeness (QED) is 0.0222. The topological polar surface area (TPSA) is 237 Å². The monoisotopic (exact) mass is 1410 g/mol. The predicted molar refractivity (Wildman–Crippen MR) is 391 cm³/mol. The van der Waals surface area contributed by atoms with Crippen LogP contribution in [0.25, 0.3) is 0 Å². The Morgan fingerprint density at radius 3 is 0.708 bits per heavy atom. The number of ether oxygens (including phenoxy) is 4. The fourth-order valence-electron chi connectivity index (χ4n) is 11.9. The molecule has 0 aliphatic carbocycles. The number of aliphatic hydroxyl groups is 1. The van der Waals surface area contributed by atoms with Gasteiger partial charge in [-0.1, -0.05) is 356 Å². The van der Waals surface area contributed by atoms with Gasteiger partial charge in [0.2, 0.25) is 0 Å². The van der Waals surface area contributed by atoms with Gasteiger partial charge >= 0.3 is 39.5 Å². The van der Waals surface area contributed by atoms with Crippen LogP contribution in [0.5, 0.6) is 0 Å². The van der Waals surface area contributed by atoms with Crippen molar-refractivity contribution in [2.24, 2.45) is 5.92 Å². The largest absolute Gasteiger partial charge is 0.472 e. The van der Waals surface area contributed by atoms with Crippen molar-refractivity contribution in [2.75, 3.05) is 39.6 Å². The number of carbonyl (C=O) groups is 4. The first-order chi connectivity index (χ1) is 46.5. The van der Waals surface area contributed by atoms with Crippen molar-refractivity contribution < 1.29 is 80.2 Å². The van der Waals surface area contributed by atoms with Crippen LogP contribution in [0.15, 0.2) is 0 Å². The summed E-state index contributed by atoms with van der Waals surface area (Å²) in [4.78, 5) is 72.7. The molecule has 2 unspecified atom stereocenters. The van der Waals surface area contributed by atoms with Crippen LogP contribution in [0.1, 0.15) is 407 Å². The van der Waals surface area contributed by atoms with E-state index in [0.29, 0.717) is 25.7 Å². The van der Waals surface area contributed by atoms with Gasteiger partial charge in [0.1, 0.15) is 19.3 Å². The van der Waals surface area contributed by atoms with Gasteiger partial charge in [-0.05, 0) is 31.6 Å². The molecule has 5 atom stereocenters. The Morgan fingerprint density at radius 2 is 0.479 bits per heavy atom. The lowest BCUT2D eigenvalue weighted by Crippen LogP contribution is -2.30. The molecule has 0 aliphatic rings. The van der Waals surface area contributed by atoms with Crippen molar-refractivity contribution in [1.29, 1.82) is 0 Å². The van der Waals surface area contributed by atoms with E-state index in [1.807, 2.05) is 0 Å². The van der Waals surface area contributed by atoms with Crippen LogP contribution in [0, 0.1) is 5.92 Å². The van der Waals surface area contributed by atoms with E-state index >= 15 is 0 Å². The Labute approximate surface area is 588 Å². The van der Waals surface area contributed by atoms with Crippen molar-refractivity contribution in [2.45, 2.75) is 425 Å². The number of hydrogen-bond acceptors (Lipinski definition) is 15. The summed E-state index contributed by atoms with van der Waals surface area (Å²) in [5.41, 5.74) is 0. The first kappa shape index (κ1) is 94.1. The van der Waals surface area contributed by atoms with Gasteiger partial charge in [0, 0.05) is 25.7 Å². The second-order valence-corrected chi connectivity index (χ2v) is 31.1. The maximum atomic E-state index is 13.1. The van der Waals surface area contributed by atoms with Crippen LogP contribution >= 0.6 is 15.6 Å². The van der Waals surface area contributed by atoms with Gasteiger partial charge in [0.25, 0.3) is 0 Å².